The first kappa shape index (κ1) is 10.0. The third kappa shape index (κ3) is 2.20. The van der Waals surface area contributed by atoms with Crippen LogP contribution in [0.15, 0.2) is 0 Å². The van der Waals surface area contributed by atoms with Crippen LogP contribution in [0.25, 0.3) is 0 Å². The van der Waals surface area contributed by atoms with Crippen LogP contribution in [0.2, 0.25) is 0 Å². The zero-order chi connectivity index (χ0) is 10.2. The molecule has 1 aliphatic carbocycles. The molecule has 0 aromatic rings. The van der Waals surface area contributed by atoms with E-state index in [1.165, 1.54) is 11.9 Å². The first-order valence-electron chi connectivity index (χ1n) is 4.31. The highest BCUT2D eigenvalue weighted by Gasteiger charge is 2.51. The topological polar surface area (TPSA) is 57.6 Å². The quantitative estimate of drug-likeness (QED) is 0.699. The van der Waals surface area contributed by atoms with Crippen molar-refractivity contribution in [2.24, 2.45) is 11.3 Å². The zero-order valence-corrected chi connectivity index (χ0v) is 8.20. The number of likely N-dealkylation sites (N-methyl/N-ethyl adjacent to an activating group) is 1. The summed E-state index contributed by atoms with van der Waals surface area (Å²) in [6.45, 7) is 3.83. The molecule has 0 aliphatic heterocycles. The molecular weight excluding hydrogens is 170 g/mol. The standard InChI is InChI=1S/C9H15NO3/c1-9(2)4-6(9)8(13)10(3)5-7(11)12/h6H,4-5H2,1-3H3,(H,11,12). The van der Waals surface area contributed by atoms with Gasteiger partial charge in [-0.15, -0.1) is 0 Å². The maximum atomic E-state index is 11.5. The average Bonchev–Trinajstić information content (AvgIpc) is 2.57. The van der Waals surface area contributed by atoms with Crippen molar-refractivity contribution in [3.8, 4) is 0 Å². The maximum Gasteiger partial charge on any atom is 0.323 e. The number of hydrogen-bond acceptors (Lipinski definition) is 2. The van der Waals surface area contributed by atoms with E-state index in [-0.39, 0.29) is 23.8 Å². The number of carboxylic acids is 1. The van der Waals surface area contributed by atoms with Gasteiger partial charge in [-0.1, -0.05) is 13.8 Å². The summed E-state index contributed by atoms with van der Waals surface area (Å²) in [5, 5.41) is 8.47. The molecule has 1 fully saturated rings. The fourth-order valence-electron chi connectivity index (χ4n) is 1.44. The Balaban J connectivity index is 2.45. The second-order valence-electron chi connectivity index (χ2n) is 4.33. The Hall–Kier alpha value is -1.06. The summed E-state index contributed by atoms with van der Waals surface area (Å²) in [6.07, 6.45) is 0.871. The highest BCUT2D eigenvalue weighted by molar-refractivity contribution is 5.85. The van der Waals surface area contributed by atoms with Crippen LogP contribution in [0.5, 0.6) is 0 Å². The lowest BCUT2D eigenvalue weighted by molar-refractivity contribution is -0.144. The predicted octanol–water partition coefficient (Wildman–Crippen LogP) is 0.575. The normalized spacial score (nSPS) is 23.8. The molecule has 4 heteroatoms. The van der Waals surface area contributed by atoms with Gasteiger partial charge in [0.05, 0.1) is 0 Å². The van der Waals surface area contributed by atoms with E-state index in [1.54, 1.807) is 0 Å². The van der Waals surface area contributed by atoms with Gasteiger partial charge in [-0.25, -0.2) is 0 Å². The largest absolute Gasteiger partial charge is 0.480 e. The van der Waals surface area contributed by atoms with Crippen molar-refractivity contribution < 1.29 is 14.7 Å². The van der Waals surface area contributed by atoms with Crippen LogP contribution in [-0.4, -0.2) is 35.5 Å². The minimum atomic E-state index is -0.964. The molecule has 0 spiro atoms. The molecule has 1 N–H and O–H groups in total. The summed E-state index contributed by atoms with van der Waals surface area (Å²) in [5.74, 6) is -0.987. The van der Waals surface area contributed by atoms with Crippen molar-refractivity contribution in [2.75, 3.05) is 13.6 Å². The Labute approximate surface area is 77.5 Å². The molecule has 1 rings (SSSR count). The molecule has 4 nitrogen and oxygen atoms in total. The van der Waals surface area contributed by atoms with Gasteiger partial charge in [0.2, 0.25) is 5.91 Å². The molecular formula is C9H15NO3. The van der Waals surface area contributed by atoms with E-state index >= 15 is 0 Å². The second-order valence-corrected chi connectivity index (χ2v) is 4.33. The molecule has 0 saturated heterocycles. The first-order valence-corrected chi connectivity index (χ1v) is 4.31. The maximum absolute atomic E-state index is 11.5. The van der Waals surface area contributed by atoms with Crippen LogP contribution in [0.1, 0.15) is 20.3 Å². The Morgan fingerprint density at radius 3 is 2.31 bits per heavy atom. The number of carbonyl (C=O) groups excluding carboxylic acids is 1. The minimum absolute atomic E-state index is 0.0249. The molecule has 1 saturated carbocycles. The van der Waals surface area contributed by atoms with Gasteiger partial charge >= 0.3 is 5.97 Å². The van der Waals surface area contributed by atoms with Crippen molar-refractivity contribution >= 4 is 11.9 Å². The lowest BCUT2D eigenvalue weighted by Gasteiger charge is -2.15. The van der Waals surface area contributed by atoms with E-state index < -0.39 is 5.97 Å². The van der Waals surface area contributed by atoms with E-state index in [1.807, 2.05) is 13.8 Å². The molecule has 0 radical (unpaired) electrons. The summed E-state index contributed by atoms with van der Waals surface area (Å²) in [4.78, 5) is 23.1. The Kier molecular flexibility index (Phi) is 2.32. The molecule has 0 aromatic heterocycles. The smallest absolute Gasteiger partial charge is 0.323 e. The van der Waals surface area contributed by atoms with Crippen molar-refractivity contribution in [3.05, 3.63) is 0 Å². The molecule has 74 valence electrons. The lowest BCUT2D eigenvalue weighted by atomic mass is 10.1. The molecule has 1 amide bonds. The van der Waals surface area contributed by atoms with Crippen molar-refractivity contribution in [1.29, 1.82) is 0 Å². The van der Waals surface area contributed by atoms with Gasteiger partial charge in [-0.3, -0.25) is 9.59 Å². The second kappa shape index (κ2) is 3.01. The van der Waals surface area contributed by atoms with Gasteiger partial charge in [-0.2, -0.15) is 0 Å². The Bertz CT molecular complexity index is 247. The number of carboxylic acid groups (broad SMARTS) is 1. The van der Waals surface area contributed by atoms with E-state index in [2.05, 4.69) is 0 Å². The van der Waals surface area contributed by atoms with Crippen LogP contribution < -0.4 is 0 Å². The summed E-state index contributed by atoms with van der Waals surface area (Å²) >= 11 is 0. The highest BCUT2D eigenvalue weighted by Crippen LogP contribution is 2.52. The molecule has 13 heavy (non-hydrogen) atoms. The van der Waals surface area contributed by atoms with Gasteiger partial charge in [0, 0.05) is 13.0 Å². The van der Waals surface area contributed by atoms with E-state index in [9.17, 15) is 9.59 Å². The van der Waals surface area contributed by atoms with Gasteiger partial charge in [-0.05, 0) is 11.8 Å². The fraction of sp³-hybridized carbons (Fsp3) is 0.778. The number of hydrogen-bond donors (Lipinski definition) is 1. The van der Waals surface area contributed by atoms with E-state index in [0.29, 0.717) is 0 Å². The molecule has 0 aromatic carbocycles. The van der Waals surface area contributed by atoms with E-state index in [0.717, 1.165) is 6.42 Å². The van der Waals surface area contributed by atoms with Crippen LogP contribution in [0.4, 0.5) is 0 Å². The van der Waals surface area contributed by atoms with Crippen molar-refractivity contribution in [3.63, 3.8) is 0 Å². The van der Waals surface area contributed by atoms with Crippen molar-refractivity contribution in [2.45, 2.75) is 20.3 Å². The number of amides is 1. The number of rotatable bonds is 3. The first-order chi connectivity index (χ1) is 5.84. The molecule has 1 unspecified atom stereocenters. The highest BCUT2D eigenvalue weighted by atomic mass is 16.4. The van der Waals surface area contributed by atoms with Gasteiger partial charge in [0.1, 0.15) is 6.54 Å². The summed E-state index contributed by atoms with van der Waals surface area (Å²) < 4.78 is 0. The molecule has 1 atom stereocenters. The number of nitrogens with zero attached hydrogens (tertiary/aromatic N) is 1. The third-order valence-electron chi connectivity index (χ3n) is 2.56. The minimum Gasteiger partial charge on any atom is -0.480 e. The summed E-state index contributed by atoms with van der Waals surface area (Å²) in [7, 11) is 1.53. The monoisotopic (exact) mass is 185 g/mol. The zero-order valence-electron chi connectivity index (χ0n) is 8.20. The van der Waals surface area contributed by atoms with Crippen LogP contribution in [-0.2, 0) is 9.59 Å². The Morgan fingerprint density at radius 2 is 2.00 bits per heavy atom. The van der Waals surface area contributed by atoms with Gasteiger partial charge < -0.3 is 10.0 Å². The summed E-state index contributed by atoms with van der Waals surface area (Å²) in [5.41, 5.74) is 0.0733. The number of carbonyl (C=O) groups is 2. The van der Waals surface area contributed by atoms with Crippen LogP contribution in [0.3, 0.4) is 0 Å². The lowest BCUT2D eigenvalue weighted by Crippen LogP contribution is -2.33. The van der Waals surface area contributed by atoms with E-state index in [4.69, 9.17) is 5.11 Å². The van der Waals surface area contributed by atoms with Crippen molar-refractivity contribution in [1.82, 2.24) is 4.90 Å². The number of aliphatic carboxylic acids is 1. The van der Waals surface area contributed by atoms with Gasteiger partial charge in [0.25, 0.3) is 0 Å². The summed E-state index contributed by atoms with van der Waals surface area (Å²) in [6, 6.07) is 0. The molecule has 1 aliphatic rings. The SMILES string of the molecule is CN(CC(=O)O)C(=O)C1CC1(C)C. The molecule has 0 bridgehead atoms. The molecule has 0 heterocycles. The van der Waals surface area contributed by atoms with Gasteiger partial charge in [0.15, 0.2) is 0 Å². The predicted molar refractivity (Wildman–Crippen MR) is 47.2 cm³/mol. The van der Waals surface area contributed by atoms with Crippen LogP contribution in [0, 0.1) is 11.3 Å². The third-order valence-corrected chi connectivity index (χ3v) is 2.56. The van der Waals surface area contributed by atoms with Crippen LogP contribution >= 0.6 is 0 Å². The Morgan fingerprint density at radius 1 is 1.54 bits per heavy atom. The fourth-order valence-corrected chi connectivity index (χ4v) is 1.44. The average molecular weight is 185 g/mol.